The van der Waals surface area contributed by atoms with Gasteiger partial charge in [-0.25, -0.2) is 9.59 Å². The molecule has 0 radical (unpaired) electrons. The second-order valence-electron chi connectivity index (χ2n) is 6.60. The van der Waals surface area contributed by atoms with Gasteiger partial charge in [0.15, 0.2) is 0 Å². The zero-order valence-electron chi connectivity index (χ0n) is 16.3. The van der Waals surface area contributed by atoms with E-state index in [0.717, 1.165) is 11.1 Å². The number of ether oxygens (including phenoxy) is 3. The van der Waals surface area contributed by atoms with Gasteiger partial charge in [0.2, 0.25) is 0 Å². The van der Waals surface area contributed by atoms with Crippen molar-refractivity contribution in [1.82, 2.24) is 0 Å². The third-order valence-corrected chi connectivity index (χ3v) is 4.63. The van der Waals surface area contributed by atoms with Crippen molar-refractivity contribution in [3.63, 3.8) is 0 Å². The van der Waals surface area contributed by atoms with Crippen molar-refractivity contribution in [1.29, 1.82) is 0 Å². The number of benzene rings is 2. The monoisotopic (exact) mass is 394 g/mol. The highest BCUT2D eigenvalue weighted by Crippen LogP contribution is 2.35. The molecule has 7 heteroatoms. The van der Waals surface area contributed by atoms with E-state index >= 15 is 0 Å². The van der Waals surface area contributed by atoms with Crippen LogP contribution in [-0.2, 0) is 0 Å². The normalized spacial score (nSPS) is 11.0. The summed E-state index contributed by atoms with van der Waals surface area (Å²) in [6, 6.07) is 9.47. The molecule has 2 heterocycles. The molecule has 0 aliphatic rings. The standard InChI is InChI=1S/C22H18O7/c1-11-5-13(7-17-21(11)15(25-3)9-19(23)28-17)27-14-6-12(2)22-16(26-4)10-20(24)29-18(22)8-14/h5-10H,1-4H3. The average Bonchev–Trinajstić information content (AvgIpc) is 2.65. The largest absolute Gasteiger partial charge is 0.496 e. The number of rotatable bonds is 4. The van der Waals surface area contributed by atoms with Crippen LogP contribution in [0.1, 0.15) is 11.1 Å². The summed E-state index contributed by atoms with van der Waals surface area (Å²) in [5, 5.41) is 1.40. The van der Waals surface area contributed by atoms with E-state index in [-0.39, 0.29) is 0 Å². The summed E-state index contributed by atoms with van der Waals surface area (Å²) in [7, 11) is 3.00. The number of hydrogen-bond acceptors (Lipinski definition) is 7. The zero-order chi connectivity index (χ0) is 20.7. The number of hydrogen-bond donors (Lipinski definition) is 0. The third-order valence-electron chi connectivity index (χ3n) is 4.63. The Hall–Kier alpha value is -3.74. The van der Waals surface area contributed by atoms with Crippen LogP contribution >= 0.6 is 0 Å². The fourth-order valence-electron chi connectivity index (χ4n) is 3.45. The maximum atomic E-state index is 11.8. The first-order valence-corrected chi connectivity index (χ1v) is 8.82. The van der Waals surface area contributed by atoms with Crippen LogP contribution in [0.25, 0.3) is 21.9 Å². The lowest BCUT2D eigenvalue weighted by molar-refractivity contribution is 0.412. The highest BCUT2D eigenvalue weighted by Gasteiger charge is 2.14. The van der Waals surface area contributed by atoms with Crippen LogP contribution in [0.5, 0.6) is 23.0 Å². The zero-order valence-corrected chi connectivity index (χ0v) is 16.3. The van der Waals surface area contributed by atoms with Gasteiger partial charge in [-0.05, 0) is 37.1 Å². The molecule has 0 bridgehead atoms. The fourth-order valence-corrected chi connectivity index (χ4v) is 3.45. The number of aryl methyl sites for hydroxylation is 2. The van der Waals surface area contributed by atoms with Crippen LogP contribution in [0.4, 0.5) is 0 Å². The molecule has 4 aromatic rings. The first-order chi connectivity index (χ1) is 13.9. The topological polar surface area (TPSA) is 88.1 Å². The summed E-state index contributed by atoms with van der Waals surface area (Å²) in [6.45, 7) is 3.74. The second kappa shape index (κ2) is 7.01. The quantitative estimate of drug-likeness (QED) is 0.476. The molecule has 0 unspecified atom stereocenters. The predicted molar refractivity (Wildman–Crippen MR) is 108 cm³/mol. The van der Waals surface area contributed by atoms with Crippen molar-refractivity contribution in [2.45, 2.75) is 13.8 Å². The number of methoxy groups -OCH3 is 2. The van der Waals surface area contributed by atoms with Gasteiger partial charge in [-0.1, -0.05) is 0 Å². The van der Waals surface area contributed by atoms with Gasteiger partial charge in [0.05, 0.1) is 37.1 Å². The molecule has 0 amide bonds. The van der Waals surface area contributed by atoms with Gasteiger partial charge in [-0.15, -0.1) is 0 Å². The molecule has 4 rings (SSSR count). The molecular formula is C22H18O7. The molecule has 2 aromatic heterocycles. The van der Waals surface area contributed by atoms with Crippen LogP contribution in [-0.4, -0.2) is 14.2 Å². The highest BCUT2D eigenvalue weighted by molar-refractivity contribution is 5.89. The van der Waals surface area contributed by atoms with Gasteiger partial charge >= 0.3 is 11.3 Å². The third kappa shape index (κ3) is 3.31. The Morgan fingerprint density at radius 2 is 1.07 bits per heavy atom. The Morgan fingerprint density at radius 3 is 1.45 bits per heavy atom. The SMILES string of the molecule is COc1cc(=O)oc2cc(Oc3cc(C)c4c(OC)cc(=O)oc4c3)cc(C)c12. The van der Waals surface area contributed by atoms with E-state index in [1.54, 1.807) is 12.1 Å². The second-order valence-corrected chi connectivity index (χ2v) is 6.60. The predicted octanol–water partition coefficient (Wildman–Crippen LogP) is 4.33. The lowest BCUT2D eigenvalue weighted by Crippen LogP contribution is -2.01. The van der Waals surface area contributed by atoms with Crippen LogP contribution < -0.4 is 25.5 Å². The first kappa shape index (κ1) is 18.6. The molecule has 148 valence electrons. The van der Waals surface area contributed by atoms with E-state index in [4.69, 9.17) is 23.0 Å². The maximum absolute atomic E-state index is 11.8. The van der Waals surface area contributed by atoms with Crippen molar-refractivity contribution < 1.29 is 23.0 Å². The van der Waals surface area contributed by atoms with Gasteiger partial charge in [-0.2, -0.15) is 0 Å². The first-order valence-electron chi connectivity index (χ1n) is 8.82. The Morgan fingerprint density at radius 1 is 0.655 bits per heavy atom. The molecule has 0 atom stereocenters. The Balaban J connectivity index is 1.84. The van der Waals surface area contributed by atoms with Crippen LogP contribution in [0.3, 0.4) is 0 Å². The van der Waals surface area contributed by atoms with Gasteiger partial charge < -0.3 is 23.0 Å². The average molecular weight is 394 g/mol. The minimum Gasteiger partial charge on any atom is -0.496 e. The van der Waals surface area contributed by atoms with Crippen molar-refractivity contribution in [3.05, 3.63) is 68.4 Å². The molecule has 0 saturated carbocycles. The van der Waals surface area contributed by atoms with Crippen molar-refractivity contribution in [3.8, 4) is 23.0 Å². The minimum absolute atomic E-state index is 0.357. The molecule has 0 spiro atoms. The molecule has 29 heavy (non-hydrogen) atoms. The van der Waals surface area contributed by atoms with E-state index in [0.29, 0.717) is 44.9 Å². The van der Waals surface area contributed by atoms with Crippen molar-refractivity contribution in [2.75, 3.05) is 14.2 Å². The van der Waals surface area contributed by atoms with E-state index in [1.807, 2.05) is 26.0 Å². The summed E-state index contributed by atoms with van der Waals surface area (Å²) in [4.78, 5) is 23.6. The fraction of sp³-hybridized carbons (Fsp3) is 0.182. The Kier molecular flexibility index (Phi) is 4.50. The van der Waals surface area contributed by atoms with Gasteiger partial charge in [0, 0.05) is 12.1 Å². The summed E-state index contributed by atoms with van der Waals surface area (Å²) in [5.41, 5.74) is 1.33. The van der Waals surface area contributed by atoms with E-state index in [2.05, 4.69) is 0 Å². The van der Waals surface area contributed by atoms with Crippen LogP contribution in [0.15, 0.2) is 54.8 Å². The minimum atomic E-state index is -0.513. The van der Waals surface area contributed by atoms with Gasteiger partial charge in [0.25, 0.3) is 0 Å². The summed E-state index contributed by atoms with van der Waals surface area (Å²) >= 11 is 0. The molecule has 7 nitrogen and oxygen atoms in total. The van der Waals surface area contributed by atoms with Gasteiger partial charge in [0.1, 0.15) is 34.2 Å². The van der Waals surface area contributed by atoms with E-state index in [1.165, 1.54) is 26.4 Å². The highest BCUT2D eigenvalue weighted by atomic mass is 16.5. The number of fused-ring (bicyclic) bond motifs is 2. The van der Waals surface area contributed by atoms with Gasteiger partial charge in [-0.3, -0.25) is 0 Å². The van der Waals surface area contributed by atoms with Crippen LogP contribution in [0, 0.1) is 13.8 Å². The summed E-state index contributed by atoms with van der Waals surface area (Å²) in [6.07, 6.45) is 0. The smallest absolute Gasteiger partial charge is 0.339 e. The molecule has 2 aromatic carbocycles. The van der Waals surface area contributed by atoms with Crippen molar-refractivity contribution >= 4 is 21.9 Å². The maximum Gasteiger partial charge on any atom is 0.339 e. The van der Waals surface area contributed by atoms with Crippen molar-refractivity contribution in [2.24, 2.45) is 0 Å². The summed E-state index contributed by atoms with van der Waals surface area (Å²) in [5.74, 6) is 1.82. The summed E-state index contributed by atoms with van der Waals surface area (Å²) < 4.78 is 27.2. The molecule has 0 N–H and O–H groups in total. The molecule has 0 aliphatic heterocycles. The molecule has 0 saturated heterocycles. The Bertz CT molecular complexity index is 1260. The molecular weight excluding hydrogens is 376 g/mol. The molecule has 0 fully saturated rings. The Labute approximate surface area is 165 Å². The van der Waals surface area contributed by atoms with E-state index in [9.17, 15) is 9.59 Å². The van der Waals surface area contributed by atoms with Crippen LogP contribution in [0.2, 0.25) is 0 Å². The lowest BCUT2D eigenvalue weighted by Gasteiger charge is -2.12. The molecule has 0 aliphatic carbocycles. The lowest BCUT2D eigenvalue weighted by atomic mass is 10.1. The van der Waals surface area contributed by atoms with E-state index < -0.39 is 11.3 Å².